The highest BCUT2D eigenvalue weighted by molar-refractivity contribution is 6.12. The number of aromatic nitrogens is 2. The molecule has 0 unspecified atom stereocenters. The van der Waals surface area contributed by atoms with Crippen molar-refractivity contribution in [2.75, 3.05) is 14.2 Å². The molecular weight excluding hydrogens is 379 g/mol. The highest BCUT2D eigenvalue weighted by Gasteiger charge is 2.20. The van der Waals surface area contributed by atoms with Gasteiger partial charge in [0.15, 0.2) is 11.5 Å². The van der Waals surface area contributed by atoms with E-state index in [1.807, 2.05) is 65.3 Å². The molecule has 0 aliphatic rings. The molecule has 0 bridgehead atoms. The van der Waals surface area contributed by atoms with Gasteiger partial charge in [0.1, 0.15) is 11.5 Å². The summed E-state index contributed by atoms with van der Waals surface area (Å²) in [6.45, 7) is 0. The monoisotopic (exact) mass is 398 g/mol. The van der Waals surface area contributed by atoms with Crippen LogP contribution in [0.4, 0.5) is 4.39 Å². The standard InChI is InChI=1S/C25H19FN2O2/c1-29-22-15-14-17-18(25(22)30-2)12-13-20-23(19-10-6-7-11-21(19)26)27-28(24(17)20)16-8-4-3-5-9-16/h3-15H,1-2H3. The fourth-order valence-electron chi connectivity index (χ4n) is 3.94. The van der Waals surface area contributed by atoms with Crippen LogP contribution < -0.4 is 9.47 Å². The number of benzene rings is 4. The predicted molar refractivity (Wildman–Crippen MR) is 117 cm³/mol. The van der Waals surface area contributed by atoms with E-state index in [9.17, 15) is 4.39 Å². The quantitative estimate of drug-likeness (QED) is 0.372. The molecule has 0 radical (unpaired) electrons. The summed E-state index contributed by atoms with van der Waals surface area (Å²) in [4.78, 5) is 0. The van der Waals surface area contributed by atoms with Crippen LogP contribution in [0.2, 0.25) is 0 Å². The Bertz CT molecular complexity index is 1380. The van der Waals surface area contributed by atoms with Gasteiger partial charge in [0.05, 0.1) is 25.4 Å². The van der Waals surface area contributed by atoms with Gasteiger partial charge in [-0.3, -0.25) is 0 Å². The third-order valence-corrected chi connectivity index (χ3v) is 5.31. The molecule has 0 fully saturated rings. The van der Waals surface area contributed by atoms with Crippen LogP contribution >= 0.6 is 0 Å². The van der Waals surface area contributed by atoms with E-state index in [1.54, 1.807) is 26.4 Å². The molecule has 0 aliphatic carbocycles. The summed E-state index contributed by atoms with van der Waals surface area (Å²) in [5.41, 5.74) is 2.85. The van der Waals surface area contributed by atoms with Crippen LogP contribution in [0.15, 0.2) is 78.9 Å². The summed E-state index contributed by atoms with van der Waals surface area (Å²) in [7, 11) is 3.24. The zero-order valence-electron chi connectivity index (χ0n) is 16.6. The molecule has 5 heteroatoms. The van der Waals surface area contributed by atoms with Crippen molar-refractivity contribution in [3.8, 4) is 28.4 Å². The van der Waals surface area contributed by atoms with Crippen molar-refractivity contribution >= 4 is 21.7 Å². The van der Waals surface area contributed by atoms with E-state index >= 15 is 0 Å². The molecule has 0 aliphatic heterocycles. The smallest absolute Gasteiger partial charge is 0.168 e. The van der Waals surface area contributed by atoms with Crippen LogP contribution in [0.3, 0.4) is 0 Å². The molecule has 0 saturated carbocycles. The third-order valence-electron chi connectivity index (χ3n) is 5.31. The lowest BCUT2D eigenvalue weighted by molar-refractivity contribution is 0.358. The first-order valence-corrected chi connectivity index (χ1v) is 9.59. The predicted octanol–water partition coefficient (Wildman–Crippen LogP) is 6.00. The Hall–Kier alpha value is -3.86. The number of hydrogen-bond donors (Lipinski definition) is 0. The second-order valence-corrected chi connectivity index (χ2v) is 6.93. The Morgan fingerprint density at radius 1 is 0.733 bits per heavy atom. The van der Waals surface area contributed by atoms with Gasteiger partial charge in [0.2, 0.25) is 0 Å². The van der Waals surface area contributed by atoms with Crippen molar-refractivity contribution in [1.82, 2.24) is 9.78 Å². The van der Waals surface area contributed by atoms with E-state index in [1.165, 1.54) is 6.07 Å². The van der Waals surface area contributed by atoms with Gasteiger partial charge in [0, 0.05) is 21.7 Å². The minimum Gasteiger partial charge on any atom is -0.493 e. The van der Waals surface area contributed by atoms with Crippen molar-refractivity contribution in [2.24, 2.45) is 0 Å². The molecule has 0 atom stereocenters. The number of rotatable bonds is 4. The molecule has 0 amide bonds. The number of hydrogen-bond acceptors (Lipinski definition) is 3. The molecule has 0 saturated heterocycles. The van der Waals surface area contributed by atoms with Crippen molar-refractivity contribution in [2.45, 2.75) is 0 Å². The van der Waals surface area contributed by atoms with Crippen molar-refractivity contribution in [3.05, 3.63) is 84.7 Å². The Balaban J connectivity index is 1.94. The molecule has 148 valence electrons. The number of para-hydroxylation sites is 1. The molecule has 0 N–H and O–H groups in total. The summed E-state index contributed by atoms with van der Waals surface area (Å²) in [5.74, 6) is 1.01. The van der Waals surface area contributed by atoms with Gasteiger partial charge in [-0.1, -0.05) is 30.3 Å². The largest absolute Gasteiger partial charge is 0.493 e. The van der Waals surface area contributed by atoms with Gasteiger partial charge in [-0.15, -0.1) is 0 Å². The van der Waals surface area contributed by atoms with Gasteiger partial charge in [-0.2, -0.15) is 5.10 Å². The van der Waals surface area contributed by atoms with Crippen LogP contribution in [0, 0.1) is 5.82 Å². The number of ether oxygens (including phenoxy) is 2. The summed E-state index contributed by atoms with van der Waals surface area (Å²) >= 11 is 0. The van der Waals surface area contributed by atoms with Crippen LogP contribution in [0.1, 0.15) is 0 Å². The Kier molecular flexibility index (Phi) is 4.36. The summed E-state index contributed by atoms with van der Waals surface area (Å²) in [5, 5.41) is 7.56. The molecular formula is C25H19FN2O2. The fourth-order valence-corrected chi connectivity index (χ4v) is 3.94. The minimum atomic E-state index is -0.301. The minimum absolute atomic E-state index is 0.301. The molecule has 4 nitrogen and oxygen atoms in total. The average Bonchev–Trinajstić information content (AvgIpc) is 3.19. The van der Waals surface area contributed by atoms with E-state index in [4.69, 9.17) is 14.6 Å². The van der Waals surface area contributed by atoms with Crippen LogP contribution in [-0.4, -0.2) is 24.0 Å². The number of fused-ring (bicyclic) bond motifs is 3. The maximum absolute atomic E-state index is 14.7. The zero-order valence-corrected chi connectivity index (χ0v) is 16.6. The average molecular weight is 398 g/mol. The fraction of sp³-hybridized carbons (Fsp3) is 0.0800. The van der Waals surface area contributed by atoms with Gasteiger partial charge in [-0.25, -0.2) is 9.07 Å². The first-order valence-electron chi connectivity index (χ1n) is 9.59. The Morgan fingerprint density at radius 2 is 1.43 bits per heavy atom. The normalized spacial score (nSPS) is 11.2. The highest BCUT2D eigenvalue weighted by Crippen LogP contribution is 2.41. The molecule has 5 rings (SSSR count). The highest BCUT2D eigenvalue weighted by atomic mass is 19.1. The topological polar surface area (TPSA) is 36.3 Å². The van der Waals surface area contributed by atoms with Gasteiger partial charge in [0.25, 0.3) is 0 Å². The van der Waals surface area contributed by atoms with E-state index in [2.05, 4.69) is 0 Å². The lowest BCUT2D eigenvalue weighted by atomic mass is 10.0. The van der Waals surface area contributed by atoms with Gasteiger partial charge >= 0.3 is 0 Å². The van der Waals surface area contributed by atoms with E-state index in [-0.39, 0.29) is 5.82 Å². The first-order chi connectivity index (χ1) is 14.7. The number of nitrogens with zero attached hydrogens (tertiary/aromatic N) is 2. The molecule has 5 aromatic rings. The second-order valence-electron chi connectivity index (χ2n) is 6.93. The maximum atomic E-state index is 14.7. The van der Waals surface area contributed by atoms with E-state index < -0.39 is 0 Å². The van der Waals surface area contributed by atoms with Crippen LogP contribution in [-0.2, 0) is 0 Å². The Morgan fingerprint density at radius 3 is 2.17 bits per heavy atom. The number of methoxy groups -OCH3 is 2. The zero-order chi connectivity index (χ0) is 20.7. The van der Waals surface area contributed by atoms with Gasteiger partial charge < -0.3 is 9.47 Å². The van der Waals surface area contributed by atoms with E-state index in [0.29, 0.717) is 22.8 Å². The maximum Gasteiger partial charge on any atom is 0.168 e. The van der Waals surface area contributed by atoms with Crippen molar-refractivity contribution in [1.29, 1.82) is 0 Å². The second kappa shape index (κ2) is 7.19. The Labute approximate surface area is 173 Å². The van der Waals surface area contributed by atoms with Crippen LogP contribution in [0.5, 0.6) is 11.5 Å². The molecule has 30 heavy (non-hydrogen) atoms. The third kappa shape index (κ3) is 2.70. The van der Waals surface area contributed by atoms with E-state index in [0.717, 1.165) is 27.4 Å². The molecule has 4 aromatic carbocycles. The van der Waals surface area contributed by atoms with Gasteiger partial charge in [-0.05, 0) is 48.5 Å². The summed E-state index contributed by atoms with van der Waals surface area (Å²) in [6, 6.07) is 24.4. The van der Waals surface area contributed by atoms with Crippen molar-refractivity contribution < 1.29 is 13.9 Å². The lowest BCUT2D eigenvalue weighted by Crippen LogP contribution is -1.97. The number of halogens is 1. The lowest BCUT2D eigenvalue weighted by Gasteiger charge is -2.12. The summed E-state index contributed by atoms with van der Waals surface area (Å²) in [6.07, 6.45) is 0. The van der Waals surface area contributed by atoms with Crippen LogP contribution in [0.25, 0.3) is 38.6 Å². The summed E-state index contributed by atoms with van der Waals surface area (Å²) < 4.78 is 27.6. The van der Waals surface area contributed by atoms with Crippen molar-refractivity contribution in [3.63, 3.8) is 0 Å². The molecule has 1 aromatic heterocycles. The SMILES string of the molecule is COc1ccc2c(ccc3c(-c4ccccc4F)nn(-c4ccccc4)c32)c1OC. The first kappa shape index (κ1) is 18.2. The molecule has 1 heterocycles. The molecule has 0 spiro atoms.